The van der Waals surface area contributed by atoms with Gasteiger partial charge in [0.2, 0.25) is 11.8 Å². The Morgan fingerprint density at radius 3 is 2.68 bits per heavy atom. The Morgan fingerprint density at radius 2 is 2.11 bits per heavy atom. The second-order valence-electron chi connectivity index (χ2n) is 4.56. The number of carbonyl (C=O) groups is 2. The summed E-state index contributed by atoms with van der Waals surface area (Å²) in [5.74, 6) is 0.0536. The van der Waals surface area contributed by atoms with Crippen LogP contribution in [0, 0.1) is 0 Å². The van der Waals surface area contributed by atoms with E-state index in [0.29, 0.717) is 44.9 Å². The highest BCUT2D eigenvalue weighted by atomic mass is 16.5. The zero-order valence-corrected chi connectivity index (χ0v) is 11.5. The number of piperidine rings is 1. The lowest BCUT2D eigenvalue weighted by Crippen LogP contribution is -2.43. The van der Waals surface area contributed by atoms with Crippen molar-refractivity contribution in [2.45, 2.75) is 32.2 Å². The van der Waals surface area contributed by atoms with E-state index in [0.717, 1.165) is 0 Å². The lowest BCUT2D eigenvalue weighted by molar-refractivity contribution is -0.147. The molecule has 0 saturated carbocycles. The van der Waals surface area contributed by atoms with Gasteiger partial charge in [0.15, 0.2) is 5.96 Å². The summed E-state index contributed by atoms with van der Waals surface area (Å²) >= 11 is 0. The van der Waals surface area contributed by atoms with Gasteiger partial charge in [-0.1, -0.05) is 0 Å². The van der Waals surface area contributed by atoms with Gasteiger partial charge >= 0.3 is 0 Å². The molecular weight excluding hydrogens is 248 g/mol. The molecule has 0 aromatic heterocycles. The molecule has 1 rings (SSSR count). The largest absolute Gasteiger partial charge is 0.383 e. The van der Waals surface area contributed by atoms with Gasteiger partial charge in [-0.25, -0.2) is 0 Å². The number of nitrogens with two attached hydrogens (primary N) is 1. The number of rotatable bonds is 6. The van der Waals surface area contributed by atoms with E-state index in [1.807, 2.05) is 6.92 Å². The summed E-state index contributed by atoms with van der Waals surface area (Å²) in [6, 6.07) is 0.0620. The van der Waals surface area contributed by atoms with Crippen LogP contribution in [0.1, 0.15) is 26.2 Å². The predicted molar refractivity (Wildman–Crippen MR) is 71.5 cm³/mol. The van der Waals surface area contributed by atoms with E-state index in [1.165, 1.54) is 4.90 Å². The monoisotopic (exact) mass is 270 g/mol. The highest BCUT2D eigenvalue weighted by Gasteiger charge is 2.24. The molecule has 1 unspecified atom stereocenters. The summed E-state index contributed by atoms with van der Waals surface area (Å²) in [5.41, 5.74) is 5.68. The molecule has 1 saturated heterocycles. The van der Waals surface area contributed by atoms with Crippen molar-refractivity contribution in [2.75, 3.05) is 26.8 Å². The number of nitrogens with one attached hydrogen (secondary N) is 1. The van der Waals surface area contributed by atoms with Gasteiger partial charge in [-0.3, -0.25) is 19.5 Å². The van der Waals surface area contributed by atoms with E-state index in [-0.39, 0.29) is 17.9 Å². The number of hydrogen-bond donors (Lipinski definition) is 2. The Balaban J connectivity index is 2.35. The average Bonchev–Trinajstić information content (AvgIpc) is 2.33. The average molecular weight is 270 g/mol. The molecule has 108 valence electrons. The first-order valence-electron chi connectivity index (χ1n) is 6.43. The van der Waals surface area contributed by atoms with E-state index in [1.54, 1.807) is 7.11 Å². The molecule has 1 fully saturated rings. The van der Waals surface area contributed by atoms with Gasteiger partial charge in [0.05, 0.1) is 13.2 Å². The maximum Gasteiger partial charge on any atom is 0.229 e. The van der Waals surface area contributed by atoms with Gasteiger partial charge in [0, 0.05) is 32.5 Å². The molecule has 1 aliphatic heterocycles. The van der Waals surface area contributed by atoms with Crippen LogP contribution in [0.3, 0.4) is 0 Å². The molecule has 0 aromatic rings. The summed E-state index contributed by atoms with van der Waals surface area (Å²) in [5, 5.41) is 2.96. The lowest BCUT2D eigenvalue weighted by atomic mass is 10.1. The van der Waals surface area contributed by atoms with Crippen molar-refractivity contribution in [1.82, 2.24) is 10.2 Å². The third kappa shape index (κ3) is 5.25. The first-order chi connectivity index (χ1) is 9.04. The molecule has 0 radical (unpaired) electrons. The summed E-state index contributed by atoms with van der Waals surface area (Å²) in [6.07, 6.45) is 1.53. The summed E-state index contributed by atoms with van der Waals surface area (Å²) in [7, 11) is 1.61. The molecule has 1 atom stereocenters. The molecule has 0 aromatic carbocycles. The number of nitrogens with zero attached hydrogens (tertiary/aromatic N) is 2. The third-order valence-electron chi connectivity index (χ3n) is 2.80. The van der Waals surface area contributed by atoms with Gasteiger partial charge in [-0.15, -0.1) is 0 Å². The molecule has 7 heteroatoms. The lowest BCUT2D eigenvalue weighted by Gasteiger charge is -2.24. The second kappa shape index (κ2) is 7.73. The van der Waals surface area contributed by atoms with Crippen molar-refractivity contribution in [3.05, 3.63) is 0 Å². The van der Waals surface area contributed by atoms with Gasteiger partial charge in [-0.2, -0.15) is 0 Å². The standard InChI is InChI=1S/C12H22N4O3/c1-9(8-19-2)15-12(13)14-6-7-16-10(17)4-3-5-11(16)18/h9H,3-8H2,1-2H3,(H3,13,14,15). The van der Waals surface area contributed by atoms with Crippen LogP contribution in [0.5, 0.6) is 0 Å². The number of hydrogen-bond acceptors (Lipinski definition) is 4. The van der Waals surface area contributed by atoms with Crippen LogP contribution < -0.4 is 11.1 Å². The first kappa shape index (κ1) is 15.4. The fourth-order valence-electron chi connectivity index (χ4n) is 1.91. The number of amides is 2. The first-order valence-corrected chi connectivity index (χ1v) is 6.43. The molecule has 2 amide bonds. The van der Waals surface area contributed by atoms with Crippen LogP contribution in [-0.2, 0) is 14.3 Å². The Morgan fingerprint density at radius 1 is 1.47 bits per heavy atom. The third-order valence-corrected chi connectivity index (χ3v) is 2.80. The van der Waals surface area contributed by atoms with E-state index in [2.05, 4.69) is 10.3 Å². The van der Waals surface area contributed by atoms with Crippen LogP contribution in [-0.4, -0.2) is 55.5 Å². The molecule has 1 heterocycles. The van der Waals surface area contributed by atoms with Crippen LogP contribution in [0.4, 0.5) is 0 Å². The smallest absolute Gasteiger partial charge is 0.229 e. The van der Waals surface area contributed by atoms with Crippen LogP contribution >= 0.6 is 0 Å². The Kier molecular flexibility index (Phi) is 6.27. The number of ether oxygens (including phenoxy) is 1. The van der Waals surface area contributed by atoms with E-state index in [4.69, 9.17) is 10.5 Å². The highest BCUT2D eigenvalue weighted by molar-refractivity contribution is 5.97. The number of likely N-dealkylation sites (tertiary alicyclic amines) is 1. The van der Waals surface area contributed by atoms with Crippen molar-refractivity contribution >= 4 is 17.8 Å². The van der Waals surface area contributed by atoms with Crippen molar-refractivity contribution in [3.63, 3.8) is 0 Å². The number of methoxy groups -OCH3 is 1. The quantitative estimate of drug-likeness (QED) is 0.384. The molecule has 3 N–H and O–H groups in total. The summed E-state index contributed by atoms with van der Waals surface area (Å²) in [4.78, 5) is 28.4. The Hall–Kier alpha value is -1.63. The van der Waals surface area contributed by atoms with Crippen molar-refractivity contribution in [1.29, 1.82) is 0 Å². The summed E-state index contributed by atoms with van der Waals surface area (Å²) in [6.45, 7) is 3.05. The summed E-state index contributed by atoms with van der Waals surface area (Å²) < 4.78 is 4.96. The Labute approximate surface area is 113 Å². The van der Waals surface area contributed by atoms with Gasteiger partial charge in [0.1, 0.15) is 0 Å². The Bertz CT molecular complexity index is 341. The van der Waals surface area contributed by atoms with Crippen molar-refractivity contribution in [3.8, 4) is 0 Å². The van der Waals surface area contributed by atoms with Crippen LogP contribution in [0.2, 0.25) is 0 Å². The normalized spacial score (nSPS) is 18.6. The maximum absolute atomic E-state index is 11.5. The number of aliphatic imine (C=N–C) groups is 1. The minimum Gasteiger partial charge on any atom is -0.383 e. The van der Waals surface area contributed by atoms with E-state index in [9.17, 15) is 9.59 Å². The number of carbonyl (C=O) groups excluding carboxylic acids is 2. The predicted octanol–water partition coefficient (Wildman–Crippen LogP) is -0.535. The number of imide groups is 1. The van der Waals surface area contributed by atoms with Crippen molar-refractivity contribution in [2.24, 2.45) is 10.7 Å². The molecule has 19 heavy (non-hydrogen) atoms. The topological polar surface area (TPSA) is 97.0 Å². The zero-order valence-electron chi connectivity index (χ0n) is 11.5. The highest BCUT2D eigenvalue weighted by Crippen LogP contribution is 2.11. The van der Waals surface area contributed by atoms with E-state index < -0.39 is 0 Å². The minimum absolute atomic E-state index is 0.0620. The molecule has 7 nitrogen and oxygen atoms in total. The van der Waals surface area contributed by atoms with Crippen LogP contribution in [0.25, 0.3) is 0 Å². The fraction of sp³-hybridized carbons (Fsp3) is 0.750. The SMILES string of the molecule is COCC(C)NC(N)=NCCN1C(=O)CCCC1=O. The van der Waals surface area contributed by atoms with Gasteiger partial charge < -0.3 is 15.8 Å². The maximum atomic E-state index is 11.5. The zero-order chi connectivity index (χ0) is 14.3. The van der Waals surface area contributed by atoms with E-state index >= 15 is 0 Å². The molecule has 0 spiro atoms. The number of guanidine groups is 1. The molecule has 0 bridgehead atoms. The fourth-order valence-corrected chi connectivity index (χ4v) is 1.91. The molecular formula is C12H22N4O3. The molecule has 0 aliphatic carbocycles. The van der Waals surface area contributed by atoms with Crippen LogP contribution in [0.15, 0.2) is 4.99 Å². The van der Waals surface area contributed by atoms with Gasteiger partial charge in [0.25, 0.3) is 0 Å². The molecule has 1 aliphatic rings. The van der Waals surface area contributed by atoms with Gasteiger partial charge in [-0.05, 0) is 13.3 Å². The minimum atomic E-state index is -0.120. The second-order valence-corrected chi connectivity index (χ2v) is 4.56. The van der Waals surface area contributed by atoms with Crippen molar-refractivity contribution < 1.29 is 14.3 Å².